The maximum absolute atomic E-state index is 5.64. The lowest BCUT2D eigenvalue weighted by atomic mass is 10.0. The zero-order valence-electron chi connectivity index (χ0n) is 9.86. The lowest BCUT2D eigenvalue weighted by Gasteiger charge is -2.13. The third-order valence-corrected chi connectivity index (χ3v) is 3.80. The minimum Gasteiger partial charge on any atom is -0.271 e. The van der Waals surface area contributed by atoms with Crippen LogP contribution >= 0.6 is 11.3 Å². The molecule has 1 heterocycles. The number of benzene rings is 1. The third-order valence-electron chi connectivity index (χ3n) is 2.82. The highest BCUT2D eigenvalue weighted by atomic mass is 32.1. The van der Waals surface area contributed by atoms with Crippen molar-refractivity contribution < 1.29 is 0 Å². The van der Waals surface area contributed by atoms with Crippen LogP contribution in [0, 0.1) is 11.8 Å². The number of hydrazine groups is 1. The second-order valence-corrected chi connectivity index (χ2v) is 4.78. The van der Waals surface area contributed by atoms with Crippen LogP contribution in [-0.2, 0) is 0 Å². The minimum absolute atomic E-state index is 0.187. The molecule has 0 spiro atoms. The van der Waals surface area contributed by atoms with Crippen molar-refractivity contribution in [3.8, 4) is 11.8 Å². The van der Waals surface area contributed by atoms with Gasteiger partial charge in [0.1, 0.15) is 0 Å². The summed E-state index contributed by atoms with van der Waals surface area (Å²) in [5.41, 5.74) is 4.18. The molecule has 0 saturated carbocycles. The lowest BCUT2D eigenvalue weighted by Crippen LogP contribution is -2.27. The summed E-state index contributed by atoms with van der Waals surface area (Å²) >= 11 is 1.77. The Morgan fingerprint density at radius 3 is 3.00 bits per heavy atom. The van der Waals surface area contributed by atoms with Crippen molar-refractivity contribution in [1.29, 1.82) is 0 Å². The largest absolute Gasteiger partial charge is 0.271 e. The van der Waals surface area contributed by atoms with E-state index in [1.54, 1.807) is 11.3 Å². The van der Waals surface area contributed by atoms with E-state index in [2.05, 4.69) is 46.9 Å². The summed E-state index contributed by atoms with van der Waals surface area (Å²) in [6.07, 6.45) is 1.81. The monoisotopic (exact) mass is 244 g/mol. The van der Waals surface area contributed by atoms with E-state index in [0.717, 1.165) is 12.8 Å². The Bertz CT molecular complexity index is 548. The molecule has 1 atom stereocenters. The molecule has 3 N–H and O–H groups in total. The van der Waals surface area contributed by atoms with Gasteiger partial charge in [-0.05, 0) is 35.7 Å². The maximum atomic E-state index is 5.64. The van der Waals surface area contributed by atoms with E-state index in [9.17, 15) is 0 Å². The number of nitrogens with two attached hydrogens (primary N) is 1. The van der Waals surface area contributed by atoms with Crippen LogP contribution in [-0.4, -0.2) is 0 Å². The number of fused-ring (bicyclic) bond motifs is 1. The molecule has 0 saturated heterocycles. The maximum Gasteiger partial charge on any atom is 0.0483 e. The third kappa shape index (κ3) is 2.67. The van der Waals surface area contributed by atoms with E-state index in [-0.39, 0.29) is 6.04 Å². The molecule has 0 amide bonds. The molecule has 0 bridgehead atoms. The Kier molecular flexibility index (Phi) is 4.16. The van der Waals surface area contributed by atoms with E-state index < -0.39 is 0 Å². The predicted octanol–water partition coefficient (Wildman–Crippen LogP) is 3.21. The van der Waals surface area contributed by atoms with Gasteiger partial charge in [-0.1, -0.05) is 18.2 Å². The molecule has 0 fully saturated rings. The van der Waals surface area contributed by atoms with Gasteiger partial charge in [-0.25, -0.2) is 0 Å². The second-order valence-electron chi connectivity index (χ2n) is 3.87. The fourth-order valence-corrected chi connectivity index (χ4v) is 2.95. The summed E-state index contributed by atoms with van der Waals surface area (Å²) in [4.78, 5) is 0. The molecule has 88 valence electrons. The Hall–Kier alpha value is -1.34. The van der Waals surface area contributed by atoms with Gasteiger partial charge >= 0.3 is 0 Å². The average molecular weight is 244 g/mol. The van der Waals surface area contributed by atoms with Crippen LogP contribution in [0.15, 0.2) is 29.6 Å². The summed E-state index contributed by atoms with van der Waals surface area (Å²) in [7, 11) is 0. The van der Waals surface area contributed by atoms with Gasteiger partial charge in [0.2, 0.25) is 0 Å². The van der Waals surface area contributed by atoms with Gasteiger partial charge in [-0.2, -0.15) is 0 Å². The van der Waals surface area contributed by atoms with Crippen molar-refractivity contribution in [2.24, 2.45) is 5.84 Å². The standard InChI is InChI=1S/C14H16N2S/c1-2-3-4-8-13(16-15)12-10-17-14-9-6-5-7-11(12)14/h5-7,9-10,13,16H,4,8,15H2,1H3. The van der Waals surface area contributed by atoms with E-state index in [0.29, 0.717) is 0 Å². The Balaban J connectivity index is 2.25. The number of thiophene rings is 1. The second kappa shape index (κ2) is 5.83. The summed E-state index contributed by atoms with van der Waals surface area (Å²) in [6, 6.07) is 8.61. The highest BCUT2D eigenvalue weighted by Crippen LogP contribution is 2.31. The molecule has 2 nitrogen and oxygen atoms in total. The van der Waals surface area contributed by atoms with E-state index in [4.69, 9.17) is 5.84 Å². The highest BCUT2D eigenvalue weighted by molar-refractivity contribution is 7.17. The van der Waals surface area contributed by atoms with Gasteiger partial charge in [0, 0.05) is 17.2 Å². The quantitative estimate of drug-likeness (QED) is 0.492. The van der Waals surface area contributed by atoms with Crippen LogP contribution in [0.5, 0.6) is 0 Å². The molecule has 3 heteroatoms. The van der Waals surface area contributed by atoms with Gasteiger partial charge in [0.05, 0.1) is 0 Å². The first-order valence-electron chi connectivity index (χ1n) is 5.68. The summed E-state index contributed by atoms with van der Waals surface area (Å²) < 4.78 is 1.31. The number of nitrogens with one attached hydrogen (secondary N) is 1. The Morgan fingerprint density at radius 2 is 2.24 bits per heavy atom. The molecule has 0 aliphatic carbocycles. The van der Waals surface area contributed by atoms with Gasteiger partial charge in [-0.3, -0.25) is 11.3 Å². The zero-order valence-corrected chi connectivity index (χ0v) is 10.7. The fourth-order valence-electron chi connectivity index (χ4n) is 1.94. The first-order valence-corrected chi connectivity index (χ1v) is 6.56. The van der Waals surface area contributed by atoms with Crippen molar-refractivity contribution in [2.45, 2.75) is 25.8 Å². The van der Waals surface area contributed by atoms with Gasteiger partial charge < -0.3 is 0 Å². The molecule has 17 heavy (non-hydrogen) atoms. The average Bonchev–Trinajstić information content (AvgIpc) is 2.79. The normalized spacial score (nSPS) is 12.1. The summed E-state index contributed by atoms with van der Waals surface area (Å²) in [5.74, 6) is 11.6. The van der Waals surface area contributed by atoms with Crippen LogP contribution in [0.3, 0.4) is 0 Å². The van der Waals surface area contributed by atoms with Crippen LogP contribution in [0.25, 0.3) is 10.1 Å². The van der Waals surface area contributed by atoms with Crippen molar-refractivity contribution in [1.82, 2.24) is 5.43 Å². The number of rotatable bonds is 4. The molecule has 2 aromatic rings. The molecule has 0 radical (unpaired) electrons. The molecule has 1 aromatic heterocycles. The van der Waals surface area contributed by atoms with Crippen molar-refractivity contribution in [3.63, 3.8) is 0 Å². The Labute approximate surface area is 106 Å². The topological polar surface area (TPSA) is 38.0 Å². The first-order chi connectivity index (χ1) is 8.36. The first kappa shape index (κ1) is 12.1. The number of hydrogen-bond donors (Lipinski definition) is 2. The molecular formula is C14H16N2S. The van der Waals surface area contributed by atoms with E-state index in [1.807, 2.05) is 6.92 Å². The van der Waals surface area contributed by atoms with Crippen LogP contribution in [0.2, 0.25) is 0 Å². The predicted molar refractivity (Wildman–Crippen MR) is 74.6 cm³/mol. The smallest absolute Gasteiger partial charge is 0.0483 e. The van der Waals surface area contributed by atoms with Crippen LogP contribution in [0.4, 0.5) is 0 Å². The molecular weight excluding hydrogens is 228 g/mol. The lowest BCUT2D eigenvalue weighted by molar-refractivity contribution is 0.528. The van der Waals surface area contributed by atoms with Crippen molar-refractivity contribution in [2.75, 3.05) is 0 Å². The summed E-state index contributed by atoms with van der Waals surface area (Å²) in [5, 5.41) is 3.49. The Morgan fingerprint density at radius 1 is 1.41 bits per heavy atom. The van der Waals surface area contributed by atoms with Gasteiger partial charge in [0.15, 0.2) is 0 Å². The van der Waals surface area contributed by atoms with Crippen molar-refractivity contribution >= 4 is 21.4 Å². The van der Waals surface area contributed by atoms with Crippen LogP contribution < -0.4 is 11.3 Å². The molecule has 0 aliphatic heterocycles. The highest BCUT2D eigenvalue weighted by Gasteiger charge is 2.13. The molecule has 1 unspecified atom stereocenters. The van der Waals surface area contributed by atoms with Crippen molar-refractivity contribution in [3.05, 3.63) is 35.2 Å². The van der Waals surface area contributed by atoms with Gasteiger partial charge in [-0.15, -0.1) is 23.2 Å². The zero-order chi connectivity index (χ0) is 12.1. The van der Waals surface area contributed by atoms with E-state index >= 15 is 0 Å². The SMILES string of the molecule is CC#CCCC(NN)c1csc2ccccc12. The fraction of sp³-hybridized carbons (Fsp3) is 0.286. The summed E-state index contributed by atoms with van der Waals surface area (Å²) in [6.45, 7) is 1.87. The minimum atomic E-state index is 0.187. The number of hydrogen-bond acceptors (Lipinski definition) is 3. The van der Waals surface area contributed by atoms with Gasteiger partial charge in [0.25, 0.3) is 0 Å². The molecule has 0 aliphatic rings. The van der Waals surface area contributed by atoms with E-state index in [1.165, 1.54) is 15.6 Å². The van der Waals surface area contributed by atoms with Crippen LogP contribution in [0.1, 0.15) is 31.4 Å². The molecule has 2 rings (SSSR count). The molecule has 1 aromatic carbocycles.